The molecular formula is C22H33N7O3. The topological polar surface area (TPSA) is 120 Å². The SMILES string of the molecule is CCCCn1c(=O)[nH]c(=O)c2c1nc(CCC(=O)Nc1ccnn1C(C)C)n2CC(C)C. The van der Waals surface area contributed by atoms with Gasteiger partial charge >= 0.3 is 5.69 Å². The second-order valence-electron chi connectivity index (χ2n) is 8.77. The van der Waals surface area contributed by atoms with Gasteiger partial charge in [-0.1, -0.05) is 27.2 Å². The summed E-state index contributed by atoms with van der Waals surface area (Å²) in [6.07, 6.45) is 3.92. The molecule has 0 aliphatic carbocycles. The van der Waals surface area contributed by atoms with Crippen LogP contribution in [0.2, 0.25) is 0 Å². The number of nitrogens with zero attached hydrogens (tertiary/aromatic N) is 5. The molecule has 0 saturated heterocycles. The lowest BCUT2D eigenvalue weighted by atomic mass is 10.2. The molecule has 1 amide bonds. The van der Waals surface area contributed by atoms with Crippen LogP contribution in [0.15, 0.2) is 21.9 Å². The highest BCUT2D eigenvalue weighted by Crippen LogP contribution is 2.17. The number of H-pyrrole nitrogens is 1. The molecule has 2 N–H and O–H groups in total. The molecule has 3 heterocycles. The highest BCUT2D eigenvalue weighted by atomic mass is 16.2. The summed E-state index contributed by atoms with van der Waals surface area (Å²) >= 11 is 0. The summed E-state index contributed by atoms with van der Waals surface area (Å²) in [5.74, 6) is 1.37. The van der Waals surface area contributed by atoms with Gasteiger partial charge in [0.2, 0.25) is 5.91 Å². The summed E-state index contributed by atoms with van der Waals surface area (Å²) in [5.41, 5.74) is -0.109. The first-order valence-corrected chi connectivity index (χ1v) is 11.3. The van der Waals surface area contributed by atoms with Crippen LogP contribution in [-0.4, -0.2) is 34.8 Å². The number of carbonyl (C=O) groups is 1. The maximum atomic E-state index is 12.7. The lowest BCUT2D eigenvalue weighted by molar-refractivity contribution is -0.116. The van der Waals surface area contributed by atoms with Gasteiger partial charge in [-0.05, 0) is 26.2 Å². The molecule has 32 heavy (non-hydrogen) atoms. The summed E-state index contributed by atoms with van der Waals surface area (Å²) in [7, 11) is 0. The number of carbonyl (C=O) groups excluding carboxylic acids is 1. The summed E-state index contributed by atoms with van der Waals surface area (Å²) < 4.78 is 5.13. The lowest BCUT2D eigenvalue weighted by Gasteiger charge is -2.13. The smallest absolute Gasteiger partial charge is 0.322 e. The maximum Gasteiger partial charge on any atom is 0.330 e. The van der Waals surface area contributed by atoms with Crippen molar-refractivity contribution in [1.82, 2.24) is 28.9 Å². The standard InChI is InChI=1S/C22H33N7O3/c1-6-7-12-27-20-19(21(31)26-22(27)32)28(13-14(2)3)16(25-20)8-9-18(30)24-17-10-11-23-29(17)15(4)5/h10-11,14-15H,6-9,12-13H2,1-5H3,(H,24,30)(H,26,31,32). The van der Waals surface area contributed by atoms with Gasteiger partial charge in [0.15, 0.2) is 11.2 Å². The van der Waals surface area contributed by atoms with Crippen molar-refractivity contribution in [1.29, 1.82) is 0 Å². The van der Waals surface area contributed by atoms with E-state index in [1.165, 1.54) is 4.57 Å². The molecule has 0 aromatic carbocycles. The number of rotatable bonds is 10. The molecule has 0 aliphatic heterocycles. The van der Waals surface area contributed by atoms with E-state index in [1.54, 1.807) is 16.9 Å². The maximum absolute atomic E-state index is 12.7. The molecule has 0 spiro atoms. The minimum absolute atomic E-state index is 0.127. The Labute approximate surface area is 186 Å². The molecule has 0 radical (unpaired) electrons. The highest BCUT2D eigenvalue weighted by Gasteiger charge is 2.20. The first-order valence-electron chi connectivity index (χ1n) is 11.3. The number of imidazole rings is 1. The van der Waals surface area contributed by atoms with Crippen molar-refractivity contribution in [2.75, 3.05) is 5.32 Å². The van der Waals surface area contributed by atoms with Gasteiger partial charge in [0.25, 0.3) is 5.56 Å². The third-order valence-corrected chi connectivity index (χ3v) is 5.25. The van der Waals surface area contributed by atoms with Gasteiger partial charge in [0, 0.05) is 38.0 Å². The second kappa shape index (κ2) is 9.97. The quantitative estimate of drug-likeness (QED) is 0.499. The van der Waals surface area contributed by atoms with Crippen LogP contribution in [0.1, 0.15) is 65.7 Å². The first-order chi connectivity index (χ1) is 15.2. The monoisotopic (exact) mass is 443 g/mol. The van der Waals surface area contributed by atoms with E-state index in [2.05, 4.69) is 34.2 Å². The largest absolute Gasteiger partial charge is 0.330 e. The number of hydrogen-bond donors (Lipinski definition) is 2. The molecule has 3 rings (SSSR count). The van der Waals surface area contributed by atoms with E-state index < -0.39 is 11.2 Å². The predicted octanol–water partition coefficient (Wildman–Crippen LogP) is 2.69. The fraction of sp³-hybridized carbons (Fsp3) is 0.591. The van der Waals surface area contributed by atoms with Crippen LogP contribution in [0.3, 0.4) is 0 Å². The van der Waals surface area contributed by atoms with Gasteiger partial charge < -0.3 is 9.88 Å². The van der Waals surface area contributed by atoms with Gasteiger partial charge in [0.05, 0.1) is 6.20 Å². The third-order valence-electron chi connectivity index (χ3n) is 5.25. The molecular weight excluding hydrogens is 410 g/mol. The number of unbranched alkanes of at least 4 members (excludes halogenated alkanes) is 1. The molecule has 0 fully saturated rings. The van der Waals surface area contributed by atoms with Gasteiger partial charge in [-0.3, -0.25) is 19.1 Å². The Morgan fingerprint density at radius 2 is 1.94 bits per heavy atom. The van der Waals surface area contributed by atoms with E-state index >= 15 is 0 Å². The number of amides is 1. The minimum Gasteiger partial charge on any atom is -0.322 e. The Morgan fingerprint density at radius 3 is 2.59 bits per heavy atom. The summed E-state index contributed by atoms with van der Waals surface area (Å²) in [6.45, 7) is 11.2. The van der Waals surface area contributed by atoms with Crippen LogP contribution in [0.5, 0.6) is 0 Å². The van der Waals surface area contributed by atoms with E-state index in [1.807, 2.05) is 25.3 Å². The van der Waals surface area contributed by atoms with Crippen LogP contribution in [0, 0.1) is 5.92 Å². The van der Waals surface area contributed by atoms with E-state index in [0.29, 0.717) is 42.3 Å². The van der Waals surface area contributed by atoms with Crippen LogP contribution in [-0.2, 0) is 24.3 Å². The predicted molar refractivity (Wildman–Crippen MR) is 124 cm³/mol. The molecule has 174 valence electrons. The summed E-state index contributed by atoms with van der Waals surface area (Å²) in [6, 6.07) is 1.89. The summed E-state index contributed by atoms with van der Waals surface area (Å²) in [4.78, 5) is 44.8. The number of nitrogens with one attached hydrogen (secondary N) is 2. The van der Waals surface area contributed by atoms with Crippen LogP contribution < -0.4 is 16.6 Å². The Hall–Kier alpha value is -3.17. The van der Waals surface area contributed by atoms with Gasteiger partial charge in [-0.2, -0.15) is 5.10 Å². The third kappa shape index (κ3) is 5.00. The van der Waals surface area contributed by atoms with Crippen molar-refractivity contribution in [3.05, 3.63) is 38.9 Å². The highest BCUT2D eigenvalue weighted by molar-refractivity contribution is 5.90. The van der Waals surface area contributed by atoms with E-state index in [4.69, 9.17) is 0 Å². The van der Waals surface area contributed by atoms with Crippen molar-refractivity contribution < 1.29 is 4.79 Å². The zero-order valence-electron chi connectivity index (χ0n) is 19.5. The van der Waals surface area contributed by atoms with Crippen molar-refractivity contribution >= 4 is 22.9 Å². The average Bonchev–Trinajstić information content (AvgIpc) is 3.31. The zero-order chi connectivity index (χ0) is 23.4. The number of aryl methyl sites for hydroxylation is 2. The average molecular weight is 444 g/mol. The van der Waals surface area contributed by atoms with Crippen LogP contribution in [0.4, 0.5) is 5.82 Å². The number of fused-ring (bicyclic) bond motifs is 1. The number of hydrogen-bond acceptors (Lipinski definition) is 5. The van der Waals surface area contributed by atoms with Gasteiger partial charge in [0.1, 0.15) is 11.6 Å². The van der Waals surface area contributed by atoms with Crippen LogP contribution in [0.25, 0.3) is 11.2 Å². The second-order valence-corrected chi connectivity index (χ2v) is 8.77. The van der Waals surface area contributed by atoms with E-state index in [0.717, 1.165) is 12.8 Å². The molecule has 3 aromatic rings. The first kappa shape index (κ1) is 23.5. The van der Waals surface area contributed by atoms with Crippen molar-refractivity contribution in [2.24, 2.45) is 5.92 Å². The Kier molecular flexibility index (Phi) is 7.32. The fourth-order valence-electron chi connectivity index (χ4n) is 3.75. The van der Waals surface area contributed by atoms with Crippen LogP contribution >= 0.6 is 0 Å². The van der Waals surface area contributed by atoms with Gasteiger partial charge in [-0.25, -0.2) is 14.5 Å². The van der Waals surface area contributed by atoms with Crippen molar-refractivity contribution in [3.8, 4) is 0 Å². The number of aromatic nitrogens is 6. The van der Waals surface area contributed by atoms with E-state index in [-0.39, 0.29) is 24.3 Å². The zero-order valence-corrected chi connectivity index (χ0v) is 19.5. The molecule has 0 bridgehead atoms. The fourth-order valence-corrected chi connectivity index (χ4v) is 3.75. The molecule has 0 aliphatic rings. The molecule has 0 unspecified atom stereocenters. The Balaban J connectivity index is 1.92. The van der Waals surface area contributed by atoms with E-state index in [9.17, 15) is 14.4 Å². The number of aromatic amines is 1. The normalized spacial score (nSPS) is 11.7. The minimum atomic E-state index is -0.448. The lowest BCUT2D eigenvalue weighted by Crippen LogP contribution is -2.31. The molecule has 10 heteroatoms. The molecule has 0 saturated carbocycles. The molecule has 3 aromatic heterocycles. The van der Waals surface area contributed by atoms with Crippen molar-refractivity contribution in [3.63, 3.8) is 0 Å². The summed E-state index contributed by atoms with van der Waals surface area (Å²) in [5, 5.41) is 7.13. The number of anilines is 1. The Bertz CT molecular complexity index is 1200. The Morgan fingerprint density at radius 1 is 1.19 bits per heavy atom. The van der Waals surface area contributed by atoms with Gasteiger partial charge in [-0.15, -0.1) is 0 Å². The van der Waals surface area contributed by atoms with Crippen molar-refractivity contribution in [2.45, 2.75) is 79.4 Å². The molecule has 10 nitrogen and oxygen atoms in total. The molecule has 0 atom stereocenters.